The van der Waals surface area contributed by atoms with Gasteiger partial charge < -0.3 is 0 Å². The lowest BCUT2D eigenvalue weighted by atomic mass is 10.1. The monoisotopic (exact) mass is 205 g/mol. The molecule has 0 bridgehead atoms. The van der Waals surface area contributed by atoms with Gasteiger partial charge in [0.2, 0.25) is 5.78 Å². The molecule has 2 rings (SSSR count). The molecular weight excluding hydrogens is 198 g/mol. The highest BCUT2D eigenvalue weighted by molar-refractivity contribution is 6.99. The molecule has 0 saturated heterocycles. The molecule has 2 aromatic heterocycles. The summed E-state index contributed by atoms with van der Waals surface area (Å²) >= 11 is 1.03. The highest BCUT2D eigenvalue weighted by Crippen LogP contribution is 2.10. The lowest BCUT2D eigenvalue weighted by molar-refractivity contribution is 0.103. The lowest BCUT2D eigenvalue weighted by Gasteiger charge is -1.99. The van der Waals surface area contributed by atoms with E-state index in [2.05, 4.69) is 13.7 Å². The molecule has 0 N–H and O–H groups in total. The largest absolute Gasteiger partial charge is 0.287 e. The van der Waals surface area contributed by atoms with Gasteiger partial charge in [0.1, 0.15) is 5.69 Å². The summed E-state index contributed by atoms with van der Waals surface area (Å²) in [5.74, 6) is -0.121. The van der Waals surface area contributed by atoms with Crippen molar-refractivity contribution in [3.8, 4) is 0 Å². The second kappa shape index (κ2) is 3.63. The summed E-state index contributed by atoms with van der Waals surface area (Å²) in [6.45, 7) is 1.87. The summed E-state index contributed by atoms with van der Waals surface area (Å²) in [5.41, 5.74) is 1.87. The minimum absolute atomic E-state index is 0.121. The minimum Gasteiger partial charge on any atom is -0.287 e. The van der Waals surface area contributed by atoms with Crippen LogP contribution in [0.3, 0.4) is 0 Å². The third-order valence-electron chi connectivity index (χ3n) is 1.88. The van der Waals surface area contributed by atoms with Crippen molar-refractivity contribution >= 4 is 17.5 Å². The quantitative estimate of drug-likeness (QED) is 0.697. The van der Waals surface area contributed by atoms with Gasteiger partial charge in [0, 0.05) is 18.0 Å². The average Bonchev–Trinajstić information content (AvgIpc) is 2.70. The number of aromatic nitrogens is 3. The third-order valence-corrected chi connectivity index (χ3v) is 2.36. The molecule has 0 unspecified atom stereocenters. The predicted octanol–water partition coefficient (Wildman–Crippen LogP) is 1.47. The molecule has 4 nitrogen and oxygen atoms in total. The van der Waals surface area contributed by atoms with E-state index in [-0.39, 0.29) is 5.78 Å². The standard InChI is InChI=1S/C9H7N3OS/c1-6-2-3-10-4-7(6)9(13)8-5-11-14-12-8/h2-5H,1H3. The van der Waals surface area contributed by atoms with Crippen LogP contribution in [0.4, 0.5) is 0 Å². The van der Waals surface area contributed by atoms with E-state index in [1.807, 2.05) is 6.92 Å². The molecule has 0 saturated carbocycles. The molecule has 0 aliphatic carbocycles. The Morgan fingerprint density at radius 1 is 1.43 bits per heavy atom. The highest BCUT2D eigenvalue weighted by Gasteiger charge is 2.13. The van der Waals surface area contributed by atoms with Gasteiger partial charge in [-0.15, -0.1) is 0 Å². The molecule has 5 heteroatoms. The van der Waals surface area contributed by atoms with Crippen molar-refractivity contribution in [2.75, 3.05) is 0 Å². The Morgan fingerprint density at radius 2 is 2.29 bits per heavy atom. The Bertz CT molecular complexity index is 453. The van der Waals surface area contributed by atoms with Crippen molar-refractivity contribution in [3.05, 3.63) is 41.5 Å². The fourth-order valence-corrected chi connectivity index (χ4v) is 1.52. The fourth-order valence-electron chi connectivity index (χ4n) is 1.10. The first kappa shape index (κ1) is 8.96. The van der Waals surface area contributed by atoms with Crippen molar-refractivity contribution < 1.29 is 4.79 Å². The van der Waals surface area contributed by atoms with Gasteiger partial charge in [-0.2, -0.15) is 8.75 Å². The van der Waals surface area contributed by atoms with E-state index < -0.39 is 0 Å². The van der Waals surface area contributed by atoms with Crippen molar-refractivity contribution in [1.29, 1.82) is 0 Å². The maximum Gasteiger partial charge on any atom is 0.215 e. The van der Waals surface area contributed by atoms with Crippen LogP contribution >= 0.6 is 11.7 Å². The first-order valence-electron chi connectivity index (χ1n) is 4.02. The first-order valence-corrected chi connectivity index (χ1v) is 4.75. The van der Waals surface area contributed by atoms with Crippen molar-refractivity contribution in [2.24, 2.45) is 0 Å². The first-order chi connectivity index (χ1) is 6.79. The molecule has 0 spiro atoms. The second-order valence-corrected chi connectivity index (χ2v) is 3.37. The van der Waals surface area contributed by atoms with Crippen molar-refractivity contribution in [1.82, 2.24) is 13.7 Å². The Balaban J connectivity index is 2.42. The summed E-state index contributed by atoms with van der Waals surface area (Å²) in [6, 6.07) is 1.80. The zero-order valence-electron chi connectivity index (χ0n) is 7.47. The van der Waals surface area contributed by atoms with Gasteiger partial charge >= 0.3 is 0 Å². The number of carbonyl (C=O) groups excluding carboxylic acids is 1. The van der Waals surface area contributed by atoms with Crippen LogP contribution in [0.2, 0.25) is 0 Å². The molecular formula is C9H7N3OS. The number of carbonyl (C=O) groups is 1. The lowest BCUT2D eigenvalue weighted by Crippen LogP contribution is -2.04. The number of ketones is 1. The Hall–Kier alpha value is -1.62. The number of nitrogens with zero attached hydrogens (tertiary/aromatic N) is 3. The van der Waals surface area contributed by atoms with Crippen LogP contribution in [0.1, 0.15) is 21.6 Å². The maximum atomic E-state index is 11.8. The number of aryl methyl sites for hydroxylation is 1. The number of hydrogen-bond donors (Lipinski definition) is 0. The molecule has 2 aromatic rings. The molecule has 0 aliphatic rings. The Morgan fingerprint density at radius 3 is 2.93 bits per heavy atom. The molecule has 0 fully saturated rings. The molecule has 0 radical (unpaired) electrons. The molecule has 0 aromatic carbocycles. The van der Waals surface area contributed by atoms with Crippen LogP contribution in [-0.2, 0) is 0 Å². The molecule has 2 heterocycles. The predicted molar refractivity (Wildman–Crippen MR) is 52.3 cm³/mol. The van der Waals surface area contributed by atoms with E-state index in [9.17, 15) is 4.79 Å². The summed E-state index contributed by atoms with van der Waals surface area (Å²) in [4.78, 5) is 15.7. The van der Waals surface area contributed by atoms with Gasteiger partial charge in [-0.25, -0.2) is 0 Å². The van der Waals surface area contributed by atoms with Gasteiger partial charge in [-0.1, -0.05) is 0 Å². The van der Waals surface area contributed by atoms with Gasteiger partial charge in [0.05, 0.1) is 17.9 Å². The van der Waals surface area contributed by atoms with Crippen LogP contribution in [0.15, 0.2) is 24.7 Å². The van der Waals surface area contributed by atoms with E-state index in [1.54, 1.807) is 18.5 Å². The van der Waals surface area contributed by atoms with E-state index in [1.165, 1.54) is 6.20 Å². The van der Waals surface area contributed by atoms with Crippen molar-refractivity contribution in [2.45, 2.75) is 6.92 Å². The Labute approximate surface area is 85.0 Å². The zero-order valence-corrected chi connectivity index (χ0v) is 8.28. The fraction of sp³-hybridized carbons (Fsp3) is 0.111. The van der Waals surface area contributed by atoms with Gasteiger partial charge in [0.25, 0.3) is 0 Å². The highest BCUT2D eigenvalue weighted by atomic mass is 32.1. The normalized spacial score (nSPS) is 10.1. The Kier molecular flexibility index (Phi) is 2.32. The molecule has 0 aliphatic heterocycles. The van der Waals surface area contributed by atoms with Crippen LogP contribution in [-0.4, -0.2) is 19.5 Å². The van der Waals surface area contributed by atoms with Crippen LogP contribution in [0.25, 0.3) is 0 Å². The summed E-state index contributed by atoms with van der Waals surface area (Å²) in [5, 5.41) is 0. The molecule has 0 amide bonds. The van der Waals surface area contributed by atoms with Crippen LogP contribution in [0.5, 0.6) is 0 Å². The van der Waals surface area contributed by atoms with Gasteiger partial charge in [-0.05, 0) is 18.6 Å². The summed E-state index contributed by atoms with van der Waals surface area (Å²) in [6.07, 6.45) is 4.68. The SMILES string of the molecule is Cc1ccncc1C(=O)c1cnsn1. The third kappa shape index (κ3) is 1.54. The molecule has 70 valence electrons. The number of pyridine rings is 1. The summed E-state index contributed by atoms with van der Waals surface area (Å²) < 4.78 is 7.67. The zero-order chi connectivity index (χ0) is 9.97. The van der Waals surface area contributed by atoms with Crippen LogP contribution in [0, 0.1) is 6.92 Å². The number of hydrogen-bond acceptors (Lipinski definition) is 5. The minimum atomic E-state index is -0.121. The van der Waals surface area contributed by atoms with E-state index in [0.717, 1.165) is 17.3 Å². The molecule has 0 atom stereocenters. The van der Waals surface area contributed by atoms with Crippen molar-refractivity contribution in [3.63, 3.8) is 0 Å². The second-order valence-electron chi connectivity index (χ2n) is 2.81. The van der Waals surface area contributed by atoms with Gasteiger partial charge in [-0.3, -0.25) is 9.78 Å². The van der Waals surface area contributed by atoms with E-state index in [4.69, 9.17) is 0 Å². The van der Waals surface area contributed by atoms with Crippen LogP contribution < -0.4 is 0 Å². The van der Waals surface area contributed by atoms with E-state index in [0.29, 0.717) is 11.3 Å². The molecule has 14 heavy (non-hydrogen) atoms. The number of rotatable bonds is 2. The van der Waals surface area contributed by atoms with E-state index >= 15 is 0 Å². The average molecular weight is 205 g/mol. The topological polar surface area (TPSA) is 55.7 Å². The smallest absolute Gasteiger partial charge is 0.215 e. The summed E-state index contributed by atoms with van der Waals surface area (Å²) in [7, 11) is 0. The maximum absolute atomic E-state index is 11.8. The van der Waals surface area contributed by atoms with Gasteiger partial charge in [0.15, 0.2) is 0 Å².